The molecule has 0 bridgehead atoms. The van der Waals surface area contributed by atoms with E-state index in [0.29, 0.717) is 11.5 Å². The number of nitrogens with zero attached hydrogens (tertiary/aromatic N) is 3. The molecule has 2 aromatic carbocycles. The highest BCUT2D eigenvalue weighted by Crippen LogP contribution is 2.37. The predicted molar refractivity (Wildman–Crippen MR) is 105 cm³/mol. The van der Waals surface area contributed by atoms with Gasteiger partial charge in [-0.25, -0.2) is 4.79 Å². The molecule has 0 unspecified atom stereocenters. The number of alkyl carbamates (subject to hydrolysis) is 1. The van der Waals surface area contributed by atoms with E-state index in [1.807, 2.05) is 66.7 Å². The maximum atomic E-state index is 12.0. The number of benzene rings is 2. The second kappa shape index (κ2) is 7.20. The van der Waals surface area contributed by atoms with E-state index in [4.69, 9.17) is 9.26 Å². The second-order valence-corrected chi connectivity index (χ2v) is 6.61. The fourth-order valence-electron chi connectivity index (χ4n) is 3.36. The Hall–Kier alpha value is -4.00. The fraction of sp³-hybridized carbons (Fsp3) is 0.0909. The van der Waals surface area contributed by atoms with Crippen LogP contribution in [0, 0.1) is 0 Å². The van der Waals surface area contributed by atoms with Gasteiger partial charge in [-0.3, -0.25) is 4.98 Å². The minimum Gasteiger partial charge on any atom is -0.433 e. The predicted octanol–water partition coefficient (Wildman–Crippen LogP) is 4.32. The molecule has 0 saturated carbocycles. The summed E-state index contributed by atoms with van der Waals surface area (Å²) in [5.74, 6) is 0.569. The van der Waals surface area contributed by atoms with Crippen LogP contribution in [0.5, 0.6) is 0 Å². The largest absolute Gasteiger partial charge is 0.433 e. The average molecular weight is 384 g/mol. The van der Waals surface area contributed by atoms with Crippen LogP contribution < -0.4 is 5.32 Å². The van der Waals surface area contributed by atoms with Gasteiger partial charge in [-0.1, -0.05) is 59.8 Å². The van der Waals surface area contributed by atoms with Crippen LogP contribution in [-0.2, 0) is 4.74 Å². The standard InChI is InChI=1S/C22H16N4O3/c27-22-24-18(16-10-6-9-15(13-16)14-7-2-1-3-8-14)19(28-22)21-25-20(26-29-21)17-11-4-5-12-23-17/h1-13,18-19H,(H,24,27)/t18-,19+/m0/s1. The molecule has 1 amide bonds. The Kier molecular flexibility index (Phi) is 4.25. The number of pyridine rings is 1. The van der Waals surface area contributed by atoms with Crippen molar-refractivity contribution in [3.63, 3.8) is 0 Å². The van der Waals surface area contributed by atoms with Crippen molar-refractivity contribution in [3.8, 4) is 22.6 Å². The Labute approximate surface area is 166 Å². The summed E-state index contributed by atoms with van der Waals surface area (Å²) < 4.78 is 10.8. The molecule has 4 aromatic rings. The highest BCUT2D eigenvalue weighted by Gasteiger charge is 2.40. The number of rotatable bonds is 4. The maximum absolute atomic E-state index is 12.0. The molecule has 2 aromatic heterocycles. The van der Waals surface area contributed by atoms with Gasteiger partial charge < -0.3 is 14.6 Å². The van der Waals surface area contributed by atoms with E-state index in [-0.39, 0.29) is 5.89 Å². The Morgan fingerprint density at radius 1 is 0.897 bits per heavy atom. The third-order valence-corrected chi connectivity index (χ3v) is 4.74. The molecule has 142 valence electrons. The number of carbonyl (C=O) groups is 1. The Balaban J connectivity index is 1.48. The molecule has 29 heavy (non-hydrogen) atoms. The van der Waals surface area contributed by atoms with E-state index >= 15 is 0 Å². The summed E-state index contributed by atoms with van der Waals surface area (Å²) in [6.07, 6.45) is 0.404. The summed E-state index contributed by atoms with van der Waals surface area (Å²) in [7, 11) is 0. The van der Waals surface area contributed by atoms with Gasteiger partial charge in [-0.15, -0.1) is 0 Å². The van der Waals surface area contributed by atoms with Crippen molar-refractivity contribution in [2.75, 3.05) is 0 Å². The SMILES string of the molecule is O=C1N[C@@H](c2cccc(-c3ccccc3)c2)[C@H](c2nc(-c3ccccn3)no2)O1. The van der Waals surface area contributed by atoms with Crippen LogP contribution >= 0.6 is 0 Å². The van der Waals surface area contributed by atoms with E-state index in [1.54, 1.807) is 12.3 Å². The van der Waals surface area contributed by atoms with Crippen LogP contribution in [0.1, 0.15) is 23.6 Å². The molecule has 0 spiro atoms. The molecule has 3 heterocycles. The lowest BCUT2D eigenvalue weighted by atomic mass is 9.97. The summed E-state index contributed by atoms with van der Waals surface area (Å²) in [5.41, 5.74) is 3.61. The molecule has 1 N–H and O–H groups in total. The highest BCUT2D eigenvalue weighted by atomic mass is 16.6. The smallest absolute Gasteiger partial charge is 0.408 e. The van der Waals surface area contributed by atoms with Crippen molar-refractivity contribution in [3.05, 3.63) is 90.4 Å². The summed E-state index contributed by atoms with van der Waals surface area (Å²) in [4.78, 5) is 20.6. The lowest BCUT2D eigenvalue weighted by Gasteiger charge is -2.15. The lowest BCUT2D eigenvalue weighted by molar-refractivity contribution is 0.108. The highest BCUT2D eigenvalue weighted by molar-refractivity contribution is 5.71. The zero-order chi connectivity index (χ0) is 19.6. The van der Waals surface area contributed by atoms with E-state index in [9.17, 15) is 4.79 Å². The number of cyclic esters (lactones) is 1. The van der Waals surface area contributed by atoms with E-state index in [0.717, 1.165) is 16.7 Å². The number of ether oxygens (including phenoxy) is 1. The monoisotopic (exact) mass is 384 g/mol. The van der Waals surface area contributed by atoms with Gasteiger partial charge in [0.05, 0.1) is 0 Å². The van der Waals surface area contributed by atoms with Gasteiger partial charge in [0.25, 0.3) is 5.89 Å². The third kappa shape index (κ3) is 3.34. The molecule has 1 saturated heterocycles. The van der Waals surface area contributed by atoms with Crippen molar-refractivity contribution in [1.82, 2.24) is 20.4 Å². The van der Waals surface area contributed by atoms with Gasteiger partial charge in [-0.2, -0.15) is 4.98 Å². The van der Waals surface area contributed by atoms with Gasteiger partial charge in [0, 0.05) is 6.20 Å². The molecular formula is C22H16N4O3. The zero-order valence-corrected chi connectivity index (χ0v) is 15.2. The Morgan fingerprint density at radius 2 is 1.72 bits per heavy atom. The molecular weight excluding hydrogens is 368 g/mol. The average Bonchev–Trinajstić information content (AvgIpc) is 3.42. The molecule has 5 rings (SSSR count). The number of carbonyl (C=O) groups excluding carboxylic acids is 1. The Morgan fingerprint density at radius 3 is 2.55 bits per heavy atom. The molecule has 2 atom stereocenters. The molecule has 0 radical (unpaired) electrons. The van der Waals surface area contributed by atoms with Crippen LogP contribution in [0.3, 0.4) is 0 Å². The van der Waals surface area contributed by atoms with Crippen LogP contribution in [-0.4, -0.2) is 21.2 Å². The van der Waals surface area contributed by atoms with Gasteiger partial charge in [0.1, 0.15) is 11.7 Å². The lowest BCUT2D eigenvalue weighted by Crippen LogP contribution is -2.19. The van der Waals surface area contributed by atoms with Crippen molar-refractivity contribution >= 4 is 6.09 Å². The summed E-state index contributed by atoms with van der Waals surface area (Å²) in [6.45, 7) is 0. The van der Waals surface area contributed by atoms with Crippen LogP contribution in [0.2, 0.25) is 0 Å². The van der Waals surface area contributed by atoms with Crippen LogP contribution in [0.25, 0.3) is 22.6 Å². The molecule has 1 aliphatic rings. The van der Waals surface area contributed by atoms with E-state index in [1.165, 1.54) is 0 Å². The van der Waals surface area contributed by atoms with Crippen molar-refractivity contribution in [1.29, 1.82) is 0 Å². The summed E-state index contributed by atoms with van der Waals surface area (Å²) in [6, 6.07) is 23.0. The second-order valence-electron chi connectivity index (χ2n) is 6.61. The van der Waals surface area contributed by atoms with Gasteiger partial charge in [-0.05, 0) is 34.9 Å². The number of aromatic nitrogens is 3. The first-order valence-electron chi connectivity index (χ1n) is 9.15. The number of hydrogen-bond donors (Lipinski definition) is 1. The van der Waals surface area contributed by atoms with E-state index in [2.05, 4.69) is 20.4 Å². The van der Waals surface area contributed by atoms with E-state index < -0.39 is 18.2 Å². The molecule has 0 aliphatic carbocycles. The number of nitrogens with one attached hydrogen (secondary N) is 1. The topological polar surface area (TPSA) is 90.1 Å². The first kappa shape index (κ1) is 17.1. The van der Waals surface area contributed by atoms with Crippen LogP contribution in [0.4, 0.5) is 4.79 Å². The van der Waals surface area contributed by atoms with Crippen molar-refractivity contribution in [2.45, 2.75) is 12.1 Å². The molecule has 1 aliphatic heterocycles. The van der Waals surface area contributed by atoms with Gasteiger partial charge in [0.2, 0.25) is 11.9 Å². The third-order valence-electron chi connectivity index (χ3n) is 4.74. The first-order valence-corrected chi connectivity index (χ1v) is 9.15. The maximum Gasteiger partial charge on any atom is 0.408 e. The number of amides is 1. The van der Waals surface area contributed by atoms with Crippen molar-refractivity contribution < 1.29 is 14.1 Å². The first-order chi connectivity index (χ1) is 14.3. The normalized spacial score (nSPS) is 18.3. The number of hydrogen-bond acceptors (Lipinski definition) is 6. The summed E-state index contributed by atoms with van der Waals surface area (Å²) in [5, 5.41) is 6.82. The molecule has 1 fully saturated rings. The quantitative estimate of drug-likeness (QED) is 0.563. The minimum atomic E-state index is -0.724. The van der Waals surface area contributed by atoms with Gasteiger partial charge >= 0.3 is 6.09 Å². The minimum absolute atomic E-state index is 0.221. The Bertz CT molecular complexity index is 1140. The molecule has 7 heteroatoms. The van der Waals surface area contributed by atoms with Crippen LogP contribution in [0.15, 0.2) is 83.5 Å². The summed E-state index contributed by atoms with van der Waals surface area (Å²) >= 11 is 0. The van der Waals surface area contributed by atoms with Gasteiger partial charge in [0.15, 0.2) is 0 Å². The fourth-order valence-corrected chi connectivity index (χ4v) is 3.36. The van der Waals surface area contributed by atoms with Crippen molar-refractivity contribution in [2.24, 2.45) is 0 Å². The zero-order valence-electron chi connectivity index (χ0n) is 15.2. The molecule has 7 nitrogen and oxygen atoms in total.